The van der Waals surface area contributed by atoms with E-state index in [1.807, 2.05) is 0 Å². The normalized spacial score (nSPS) is 13.0. The molecule has 7 heteroatoms. The lowest BCUT2D eigenvalue weighted by atomic mass is 10.1. The van der Waals surface area contributed by atoms with E-state index in [-0.39, 0.29) is 10.9 Å². The first-order valence-corrected chi connectivity index (χ1v) is 7.62. The van der Waals surface area contributed by atoms with Crippen molar-refractivity contribution in [1.29, 1.82) is 0 Å². The molecule has 0 radical (unpaired) electrons. The molecule has 0 bridgehead atoms. The monoisotopic (exact) mass is 321 g/mol. The lowest BCUT2D eigenvalue weighted by Crippen LogP contribution is -2.18. The second-order valence-electron chi connectivity index (χ2n) is 4.74. The van der Waals surface area contributed by atoms with Crippen molar-refractivity contribution < 1.29 is 9.59 Å². The molecule has 0 saturated carbocycles. The van der Waals surface area contributed by atoms with Gasteiger partial charge in [0.1, 0.15) is 5.00 Å². The Balaban J connectivity index is 1.94. The maximum atomic E-state index is 12.3. The zero-order valence-corrected chi connectivity index (χ0v) is 12.6. The smallest absolute Gasteiger partial charge is 0.257 e. The molecule has 3 N–H and O–H groups in total. The molecule has 0 saturated heterocycles. The van der Waals surface area contributed by atoms with Crippen molar-refractivity contribution >= 4 is 39.8 Å². The average Bonchev–Trinajstić information content (AvgIpc) is 2.98. The summed E-state index contributed by atoms with van der Waals surface area (Å²) < 4.78 is 0. The molecular formula is C14H12ClN3O2S. The Morgan fingerprint density at radius 1 is 1.38 bits per heavy atom. The Labute approximate surface area is 130 Å². The minimum Gasteiger partial charge on any atom is -0.365 e. The third-order valence-electron chi connectivity index (χ3n) is 3.41. The third-order valence-corrected chi connectivity index (χ3v) is 4.92. The second kappa shape index (κ2) is 5.46. The van der Waals surface area contributed by atoms with Crippen molar-refractivity contribution in [2.45, 2.75) is 19.3 Å². The van der Waals surface area contributed by atoms with Gasteiger partial charge in [-0.2, -0.15) is 0 Å². The van der Waals surface area contributed by atoms with Crippen LogP contribution in [0.15, 0.2) is 18.5 Å². The molecule has 5 nitrogen and oxygen atoms in total. The van der Waals surface area contributed by atoms with Crippen LogP contribution in [-0.4, -0.2) is 16.8 Å². The quantitative estimate of drug-likeness (QED) is 0.911. The molecule has 0 aromatic carbocycles. The minimum atomic E-state index is -0.509. The van der Waals surface area contributed by atoms with Crippen LogP contribution in [0.4, 0.5) is 5.00 Å². The summed E-state index contributed by atoms with van der Waals surface area (Å²) in [6.45, 7) is 0. The summed E-state index contributed by atoms with van der Waals surface area (Å²) in [6.07, 6.45) is 5.66. The lowest BCUT2D eigenvalue weighted by Gasteiger charge is -2.06. The number of nitrogens with two attached hydrogens (primary N) is 1. The van der Waals surface area contributed by atoms with E-state index in [2.05, 4.69) is 10.3 Å². The number of hydrogen-bond donors (Lipinski definition) is 2. The van der Waals surface area contributed by atoms with E-state index >= 15 is 0 Å². The number of carbonyl (C=O) groups is 2. The largest absolute Gasteiger partial charge is 0.365 e. The molecule has 2 aromatic rings. The van der Waals surface area contributed by atoms with Gasteiger partial charge >= 0.3 is 0 Å². The van der Waals surface area contributed by atoms with Crippen molar-refractivity contribution in [2.24, 2.45) is 5.73 Å². The number of carbonyl (C=O) groups excluding carboxylic acids is 2. The van der Waals surface area contributed by atoms with Crippen LogP contribution in [0.2, 0.25) is 5.02 Å². The number of halogens is 1. The third kappa shape index (κ3) is 2.52. The number of aryl methyl sites for hydroxylation is 1. The van der Waals surface area contributed by atoms with Crippen molar-refractivity contribution in [2.75, 3.05) is 5.32 Å². The fourth-order valence-corrected chi connectivity index (χ4v) is 3.98. The van der Waals surface area contributed by atoms with Gasteiger partial charge in [-0.3, -0.25) is 14.6 Å². The number of nitrogens with one attached hydrogen (secondary N) is 1. The number of pyridine rings is 1. The summed E-state index contributed by atoms with van der Waals surface area (Å²) in [5.41, 5.74) is 7.18. The number of hydrogen-bond acceptors (Lipinski definition) is 4. The molecule has 21 heavy (non-hydrogen) atoms. The zero-order chi connectivity index (χ0) is 15.0. The number of fused-ring (bicyclic) bond motifs is 1. The van der Waals surface area contributed by atoms with E-state index in [1.165, 1.54) is 29.8 Å². The van der Waals surface area contributed by atoms with Crippen molar-refractivity contribution in [3.8, 4) is 0 Å². The van der Waals surface area contributed by atoms with Gasteiger partial charge in [0.2, 0.25) is 0 Å². The Bertz CT molecular complexity index is 742. The van der Waals surface area contributed by atoms with Crippen LogP contribution in [0.3, 0.4) is 0 Å². The molecule has 0 fully saturated rings. The Hall–Kier alpha value is -1.92. The molecule has 1 aliphatic carbocycles. The number of thiophene rings is 1. The fraction of sp³-hybridized carbons (Fsp3) is 0.214. The van der Waals surface area contributed by atoms with E-state index in [4.69, 9.17) is 17.3 Å². The summed E-state index contributed by atoms with van der Waals surface area (Å²) in [5, 5.41) is 3.51. The molecule has 0 aliphatic heterocycles. The van der Waals surface area contributed by atoms with Gasteiger partial charge < -0.3 is 11.1 Å². The van der Waals surface area contributed by atoms with E-state index in [0.717, 1.165) is 29.7 Å². The Morgan fingerprint density at radius 2 is 2.19 bits per heavy atom. The van der Waals surface area contributed by atoms with Gasteiger partial charge in [-0.05, 0) is 30.9 Å². The summed E-state index contributed by atoms with van der Waals surface area (Å²) in [5.74, 6) is -0.879. The summed E-state index contributed by atoms with van der Waals surface area (Å²) in [7, 11) is 0. The Morgan fingerprint density at radius 3 is 2.90 bits per heavy atom. The molecular weight excluding hydrogens is 310 g/mol. The fourth-order valence-electron chi connectivity index (χ4n) is 2.48. The van der Waals surface area contributed by atoms with Gasteiger partial charge in [0.15, 0.2) is 0 Å². The molecule has 0 atom stereocenters. The van der Waals surface area contributed by atoms with Crippen LogP contribution in [0.25, 0.3) is 0 Å². The Kier molecular flexibility index (Phi) is 3.65. The van der Waals surface area contributed by atoms with Crippen LogP contribution >= 0.6 is 22.9 Å². The number of primary amides is 1. The molecule has 0 spiro atoms. The first-order chi connectivity index (χ1) is 10.1. The average molecular weight is 322 g/mol. The number of anilines is 1. The topological polar surface area (TPSA) is 85.1 Å². The predicted molar refractivity (Wildman–Crippen MR) is 82.1 cm³/mol. The van der Waals surface area contributed by atoms with Crippen molar-refractivity contribution in [1.82, 2.24) is 4.98 Å². The summed E-state index contributed by atoms with van der Waals surface area (Å²) in [6, 6.07) is 1.53. The molecule has 108 valence electrons. The maximum Gasteiger partial charge on any atom is 0.257 e. The molecule has 1 aliphatic rings. The number of amides is 2. The van der Waals surface area contributed by atoms with Crippen LogP contribution in [0.1, 0.15) is 37.6 Å². The van der Waals surface area contributed by atoms with Gasteiger partial charge in [0, 0.05) is 17.3 Å². The van der Waals surface area contributed by atoms with Crippen LogP contribution < -0.4 is 11.1 Å². The van der Waals surface area contributed by atoms with Crippen LogP contribution in [0.5, 0.6) is 0 Å². The van der Waals surface area contributed by atoms with E-state index in [0.29, 0.717) is 16.1 Å². The summed E-state index contributed by atoms with van der Waals surface area (Å²) in [4.78, 5) is 28.9. The molecule has 0 unspecified atom stereocenters. The number of aromatic nitrogens is 1. The van der Waals surface area contributed by atoms with E-state index < -0.39 is 5.91 Å². The van der Waals surface area contributed by atoms with E-state index in [1.54, 1.807) is 0 Å². The highest BCUT2D eigenvalue weighted by molar-refractivity contribution is 7.17. The first-order valence-electron chi connectivity index (χ1n) is 6.43. The highest BCUT2D eigenvalue weighted by atomic mass is 35.5. The molecule has 2 amide bonds. The second-order valence-corrected chi connectivity index (χ2v) is 6.25. The van der Waals surface area contributed by atoms with Crippen molar-refractivity contribution in [3.05, 3.63) is 45.1 Å². The maximum absolute atomic E-state index is 12.3. The highest BCUT2D eigenvalue weighted by Gasteiger charge is 2.26. The van der Waals surface area contributed by atoms with Crippen molar-refractivity contribution in [3.63, 3.8) is 0 Å². The molecule has 2 heterocycles. The SMILES string of the molecule is NC(=O)c1c(NC(=O)c2ccncc2Cl)sc2c1CCC2. The standard InChI is InChI=1S/C14H12ClN3O2S/c15-9-6-17-5-4-7(9)13(20)18-14-11(12(16)19)8-2-1-3-10(8)21-14/h4-6H,1-3H2,(H2,16,19)(H,18,20). The lowest BCUT2D eigenvalue weighted by molar-refractivity contribution is 0.100. The van der Waals surface area contributed by atoms with E-state index in [9.17, 15) is 9.59 Å². The van der Waals surface area contributed by atoms with Crippen LogP contribution in [-0.2, 0) is 12.8 Å². The number of nitrogens with zero attached hydrogens (tertiary/aromatic N) is 1. The van der Waals surface area contributed by atoms with Gasteiger partial charge in [-0.15, -0.1) is 11.3 Å². The minimum absolute atomic E-state index is 0.264. The summed E-state index contributed by atoms with van der Waals surface area (Å²) >= 11 is 7.37. The van der Waals surface area contributed by atoms with Gasteiger partial charge in [-0.25, -0.2) is 0 Å². The molecule has 2 aromatic heterocycles. The highest BCUT2D eigenvalue weighted by Crippen LogP contribution is 2.39. The number of rotatable bonds is 3. The van der Waals surface area contributed by atoms with Gasteiger partial charge in [0.05, 0.1) is 16.1 Å². The van der Waals surface area contributed by atoms with Crippen LogP contribution in [0, 0.1) is 0 Å². The predicted octanol–water partition coefficient (Wildman–Crippen LogP) is 2.64. The first kappa shape index (κ1) is 14.0. The van der Waals surface area contributed by atoms with Gasteiger partial charge in [0.25, 0.3) is 11.8 Å². The zero-order valence-electron chi connectivity index (χ0n) is 11.0. The molecule has 3 rings (SSSR count). The van der Waals surface area contributed by atoms with Gasteiger partial charge in [-0.1, -0.05) is 11.6 Å².